The molecule has 0 bridgehead atoms. The van der Waals surface area contributed by atoms with Crippen LogP contribution < -0.4 is 5.73 Å². The number of hydrogen-bond acceptors (Lipinski definition) is 3. The third-order valence-corrected chi connectivity index (χ3v) is 3.49. The van der Waals surface area contributed by atoms with E-state index in [1.807, 2.05) is 28.9 Å². The molecule has 3 rings (SSSR count). The third-order valence-electron chi connectivity index (χ3n) is 3.49. The number of aromatic nitrogens is 3. The lowest BCUT2D eigenvalue weighted by Crippen LogP contribution is -2.00. The van der Waals surface area contributed by atoms with E-state index in [1.165, 1.54) is 11.1 Å². The summed E-state index contributed by atoms with van der Waals surface area (Å²) in [5, 5.41) is 8.20. The standard InChI is InChI=1S/C16H16N4/c1-11-3-4-13(9-12(11)2)16-10-18-19-20(16)15-7-5-14(17)6-8-15/h3-10H,17H2,1-2H3. The highest BCUT2D eigenvalue weighted by molar-refractivity contribution is 5.63. The van der Waals surface area contributed by atoms with Crippen molar-refractivity contribution in [2.45, 2.75) is 13.8 Å². The van der Waals surface area contributed by atoms with E-state index < -0.39 is 0 Å². The Morgan fingerprint density at radius 3 is 2.40 bits per heavy atom. The molecule has 0 fully saturated rings. The van der Waals surface area contributed by atoms with Crippen LogP contribution in [0.3, 0.4) is 0 Å². The van der Waals surface area contributed by atoms with Crippen LogP contribution in [0.15, 0.2) is 48.7 Å². The van der Waals surface area contributed by atoms with Gasteiger partial charge in [0.05, 0.1) is 17.6 Å². The fourth-order valence-electron chi connectivity index (χ4n) is 2.14. The Morgan fingerprint density at radius 2 is 1.70 bits per heavy atom. The molecule has 0 saturated carbocycles. The summed E-state index contributed by atoms with van der Waals surface area (Å²) in [5.74, 6) is 0. The second-order valence-corrected chi connectivity index (χ2v) is 4.92. The highest BCUT2D eigenvalue weighted by Crippen LogP contribution is 2.24. The molecule has 4 heteroatoms. The summed E-state index contributed by atoms with van der Waals surface area (Å²) in [7, 11) is 0. The first kappa shape index (κ1) is 12.4. The molecule has 0 aliphatic rings. The first-order valence-corrected chi connectivity index (χ1v) is 6.49. The van der Waals surface area contributed by atoms with Gasteiger partial charge < -0.3 is 5.73 Å². The molecule has 0 radical (unpaired) electrons. The van der Waals surface area contributed by atoms with Gasteiger partial charge in [-0.3, -0.25) is 0 Å². The number of benzene rings is 2. The summed E-state index contributed by atoms with van der Waals surface area (Å²) >= 11 is 0. The van der Waals surface area contributed by atoms with Gasteiger partial charge in [-0.1, -0.05) is 17.3 Å². The van der Waals surface area contributed by atoms with Crippen molar-refractivity contribution in [3.63, 3.8) is 0 Å². The molecule has 20 heavy (non-hydrogen) atoms. The number of anilines is 1. The molecule has 0 aliphatic heterocycles. The van der Waals surface area contributed by atoms with Gasteiger partial charge in [0.15, 0.2) is 0 Å². The Hall–Kier alpha value is -2.62. The minimum absolute atomic E-state index is 0.738. The predicted octanol–water partition coefficient (Wildman–Crippen LogP) is 3.13. The summed E-state index contributed by atoms with van der Waals surface area (Å²) in [6, 6.07) is 14.0. The average molecular weight is 264 g/mol. The molecule has 2 N–H and O–H groups in total. The Balaban J connectivity index is 2.10. The molecule has 3 aromatic rings. The minimum Gasteiger partial charge on any atom is -0.399 e. The topological polar surface area (TPSA) is 56.7 Å². The summed E-state index contributed by atoms with van der Waals surface area (Å²) in [4.78, 5) is 0. The van der Waals surface area contributed by atoms with E-state index in [2.05, 4.69) is 42.4 Å². The molecule has 1 heterocycles. The highest BCUT2D eigenvalue weighted by Gasteiger charge is 2.09. The van der Waals surface area contributed by atoms with Crippen molar-refractivity contribution in [1.82, 2.24) is 15.0 Å². The molecular weight excluding hydrogens is 248 g/mol. The molecule has 0 aliphatic carbocycles. The van der Waals surface area contributed by atoms with Gasteiger partial charge in [0.2, 0.25) is 0 Å². The van der Waals surface area contributed by atoms with Gasteiger partial charge in [-0.15, -0.1) is 5.10 Å². The monoisotopic (exact) mass is 264 g/mol. The molecule has 0 spiro atoms. The fraction of sp³-hybridized carbons (Fsp3) is 0.125. The summed E-state index contributed by atoms with van der Waals surface area (Å²) in [5.41, 5.74) is 12.0. The largest absolute Gasteiger partial charge is 0.399 e. The lowest BCUT2D eigenvalue weighted by Gasteiger charge is -2.08. The van der Waals surface area contributed by atoms with Crippen LogP contribution in [-0.2, 0) is 0 Å². The second-order valence-electron chi connectivity index (χ2n) is 4.92. The van der Waals surface area contributed by atoms with Gasteiger partial charge >= 0.3 is 0 Å². The molecule has 2 aromatic carbocycles. The molecule has 1 aromatic heterocycles. The number of hydrogen-bond donors (Lipinski definition) is 1. The van der Waals surface area contributed by atoms with Crippen molar-refractivity contribution in [1.29, 1.82) is 0 Å². The quantitative estimate of drug-likeness (QED) is 0.723. The van der Waals surface area contributed by atoms with E-state index in [-0.39, 0.29) is 0 Å². The van der Waals surface area contributed by atoms with Crippen LogP contribution in [0.2, 0.25) is 0 Å². The maximum Gasteiger partial charge on any atom is 0.0944 e. The van der Waals surface area contributed by atoms with Crippen LogP contribution in [0.4, 0.5) is 5.69 Å². The number of nitrogen functional groups attached to an aromatic ring is 1. The molecule has 0 unspecified atom stereocenters. The van der Waals surface area contributed by atoms with Gasteiger partial charge in [-0.2, -0.15) is 0 Å². The van der Waals surface area contributed by atoms with Crippen LogP contribution in [-0.4, -0.2) is 15.0 Å². The van der Waals surface area contributed by atoms with Crippen molar-refractivity contribution in [2.24, 2.45) is 0 Å². The first-order valence-electron chi connectivity index (χ1n) is 6.49. The van der Waals surface area contributed by atoms with E-state index >= 15 is 0 Å². The fourth-order valence-corrected chi connectivity index (χ4v) is 2.14. The van der Waals surface area contributed by atoms with Crippen LogP contribution in [0.25, 0.3) is 16.9 Å². The van der Waals surface area contributed by atoms with Crippen molar-refractivity contribution in [3.05, 3.63) is 59.8 Å². The smallest absolute Gasteiger partial charge is 0.0944 e. The zero-order chi connectivity index (χ0) is 14.1. The van der Waals surface area contributed by atoms with E-state index in [0.717, 1.165) is 22.6 Å². The van der Waals surface area contributed by atoms with Gasteiger partial charge in [0.25, 0.3) is 0 Å². The van der Waals surface area contributed by atoms with E-state index in [9.17, 15) is 0 Å². The molecular formula is C16H16N4. The van der Waals surface area contributed by atoms with Gasteiger partial charge in [-0.25, -0.2) is 4.68 Å². The van der Waals surface area contributed by atoms with E-state index in [1.54, 1.807) is 6.20 Å². The van der Waals surface area contributed by atoms with E-state index in [4.69, 9.17) is 5.73 Å². The van der Waals surface area contributed by atoms with Crippen molar-refractivity contribution in [3.8, 4) is 16.9 Å². The van der Waals surface area contributed by atoms with Gasteiger partial charge in [-0.05, 0) is 55.3 Å². The Labute approximate surface area is 117 Å². The SMILES string of the molecule is Cc1ccc(-c2cnnn2-c2ccc(N)cc2)cc1C. The predicted molar refractivity (Wildman–Crippen MR) is 80.7 cm³/mol. The van der Waals surface area contributed by atoms with Crippen molar-refractivity contribution in [2.75, 3.05) is 5.73 Å². The Kier molecular flexibility index (Phi) is 2.99. The first-order chi connectivity index (χ1) is 9.65. The molecule has 0 saturated heterocycles. The number of rotatable bonds is 2. The third kappa shape index (κ3) is 2.16. The molecule has 4 nitrogen and oxygen atoms in total. The lowest BCUT2D eigenvalue weighted by molar-refractivity contribution is 0.808. The van der Waals surface area contributed by atoms with Crippen molar-refractivity contribution < 1.29 is 0 Å². The van der Waals surface area contributed by atoms with Gasteiger partial charge in [0, 0.05) is 11.3 Å². The summed E-state index contributed by atoms with van der Waals surface area (Å²) < 4.78 is 1.82. The van der Waals surface area contributed by atoms with E-state index in [0.29, 0.717) is 0 Å². The normalized spacial score (nSPS) is 10.7. The average Bonchev–Trinajstić information content (AvgIpc) is 2.92. The van der Waals surface area contributed by atoms with Gasteiger partial charge in [0.1, 0.15) is 0 Å². The Bertz CT molecular complexity index is 741. The minimum atomic E-state index is 0.738. The summed E-state index contributed by atoms with van der Waals surface area (Å²) in [6.45, 7) is 4.21. The zero-order valence-corrected chi connectivity index (χ0v) is 11.5. The maximum absolute atomic E-state index is 5.72. The highest BCUT2D eigenvalue weighted by atomic mass is 15.4. The Morgan fingerprint density at radius 1 is 0.950 bits per heavy atom. The van der Waals surface area contributed by atoms with Crippen LogP contribution in [0.5, 0.6) is 0 Å². The number of nitrogens with two attached hydrogens (primary N) is 1. The zero-order valence-electron chi connectivity index (χ0n) is 11.5. The van der Waals surface area contributed by atoms with Crippen LogP contribution >= 0.6 is 0 Å². The van der Waals surface area contributed by atoms with Crippen LogP contribution in [0.1, 0.15) is 11.1 Å². The summed E-state index contributed by atoms with van der Waals surface area (Å²) in [6.07, 6.45) is 1.78. The second kappa shape index (κ2) is 4.81. The lowest BCUT2D eigenvalue weighted by atomic mass is 10.0. The maximum atomic E-state index is 5.72. The molecule has 0 amide bonds. The molecule has 100 valence electrons. The van der Waals surface area contributed by atoms with Crippen molar-refractivity contribution >= 4 is 5.69 Å². The molecule has 0 atom stereocenters. The number of nitrogens with zero attached hydrogens (tertiary/aromatic N) is 3. The van der Waals surface area contributed by atoms with Crippen LogP contribution in [0, 0.1) is 13.8 Å². The number of aryl methyl sites for hydroxylation is 2.